The summed E-state index contributed by atoms with van der Waals surface area (Å²) in [5, 5.41) is 3.78. The van der Waals surface area contributed by atoms with E-state index in [2.05, 4.69) is 26.1 Å². The van der Waals surface area contributed by atoms with Crippen molar-refractivity contribution in [3.63, 3.8) is 0 Å². The molecule has 1 saturated carbocycles. The van der Waals surface area contributed by atoms with Crippen LogP contribution in [0.4, 0.5) is 0 Å². The smallest absolute Gasteiger partial charge is 0.0480 e. The van der Waals surface area contributed by atoms with Crippen molar-refractivity contribution in [2.75, 3.05) is 19.8 Å². The molecule has 18 heavy (non-hydrogen) atoms. The highest BCUT2D eigenvalue weighted by Crippen LogP contribution is 2.35. The van der Waals surface area contributed by atoms with Crippen LogP contribution in [0.3, 0.4) is 0 Å². The molecule has 0 aromatic rings. The molecule has 0 bridgehead atoms. The first-order valence-electron chi connectivity index (χ1n) is 8.14. The summed E-state index contributed by atoms with van der Waals surface area (Å²) in [7, 11) is 0. The van der Waals surface area contributed by atoms with Gasteiger partial charge in [0.2, 0.25) is 0 Å². The minimum absolute atomic E-state index is 0.682. The van der Waals surface area contributed by atoms with E-state index in [9.17, 15) is 0 Å². The van der Waals surface area contributed by atoms with Crippen LogP contribution in [-0.4, -0.2) is 25.8 Å². The first-order chi connectivity index (χ1) is 8.83. The predicted octanol–water partition coefficient (Wildman–Crippen LogP) is 4.00. The molecule has 1 rings (SSSR count). The van der Waals surface area contributed by atoms with Crippen LogP contribution in [0.5, 0.6) is 0 Å². The summed E-state index contributed by atoms with van der Waals surface area (Å²) in [4.78, 5) is 0. The van der Waals surface area contributed by atoms with Crippen molar-refractivity contribution in [2.24, 2.45) is 11.8 Å². The Hall–Kier alpha value is -0.0800. The van der Waals surface area contributed by atoms with Crippen molar-refractivity contribution >= 4 is 0 Å². The fraction of sp³-hybridized carbons (Fsp3) is 1.00. The summed E-state index contributed by atoms with van der Waals surface area (Å²) >= 11 is 0. The molecule has 1 aliphatic carbocycles. The summed E-state index contributed by atoms with van der Waals surface area (Å²) in [5.74, 6) is 1.82. The Morgan fingerprint density at radius 1 is 1.17 bits per heavy atom. The molecular formula is C16H33NO. The van der Waals surface area contributed by atoms with Crippen molar-refractivity contribution in [1.82, 2.24) is 5.32 Å². The van der Waals surface area contributed by atoms with Crippen molar-refractivity contribution in [3.8, 4) is 0 Å². The Morgan fingerprint density at radius 3 is 2.61 bits per heavy atom. The van der Waals surface area contributed by atoms with E-state index in [1.165, 1.54) is 44.9 Å². The molecule has 1 aliphatic rings. The minimum atomic E-state index is 0.682. The van der Waals surface area contributed by atoms with E-state index >= 15 is 0 Å². The van der Waals surface area contributed by atoms with Crippen LogP contribution in [0, 0.1) is 11.8 Å². The summed E-state index contributed by atoms with van der Waals surface area (Å²) in [5.41, 5.74) is 0. The second kappa shape index (κ2) is 9.80. The molecule has 0 spiro atoms. The van der Waals surface area contributed by atoms with Gasteiger partial charge in [-0.1, -0.05) is 39.5 Å². The molecular weight excluding hydrogens is 222 g/mol. The second-order valence-corrected chi connectivity index (χ2v) is 5.66. The van der Waals surface area contributed by atoms with Crippen LogP contribution in [0.2, 0.25) is 0 Å². The summed E-state index contributed by atoms with van der Waals surface area (Å²) in [6.45, 7) is 9.63. The Morgan fingerprint density at radius 2 is 1.94 bits per heavy atom. The van der Waals surface area contributed by atoms with Crippen molar-refractivity contribution in [1.29, 1.82) is 0 Å². The van der Waals surface area contributed by atoms with E-state index in [0.717, 1.165) is 31.6 Å². The van der Waals surface area contributed by atoms with Crippen LogP contribution in [0.15, 0.2) is 0 Å². The topological polar surface area (TPSA) is 21.3 Å². The van der Waals surface area contributed by atoms with Crippen LogP contribution in [0.1, 0.15) is 65.7 Å². The number of nitrogens with one attached hydrogen (secondary N) is 1. The Labute approximate surface area is 114 Å². The number of hydrogen-bond donors (Lipinski definition) is 1. The molecule has 0 amide bonds. The molecule has 2 heteroatoms. The van der Waals surface area contributed by atoms with E-state index in [0.29, 0.717) is 6.04 Å². The van der Waals surface area contributed by atoms with Gasteiger partial charge in [0.1, 0.15) is 0 Å². The first-order valence-corrected chi connectivity index (χ1v) is 8.14. The summed E-state index contributed by atoms with van der Waals surface area (Å²) in [6, 6.07) is 0.682. The van der Waals surface area contributed by atoms with Gasteiger partial charge in [-0.2, -0.15) is 0 Å². The number of ether oxygens (including phenoxy) is 1. The Kier molecular flexibility index (Phi) is 8.70. The first kappa shape index (κ1) is 16.0. The second-order valence-electron chi connectivity index (χ2n) is 5.66. The Balaban J connectivity index is 2.48. The number of hydrogen-bond acceptors (Lipinski definition) is 2. The lowest BCUT2D eigenvalue weighted by molar-refractivity contribution is 0.106. The van der Waals surface area contributed by atoms with E-state index in [4.69, 9.17) is 4.74 Å². The van der Waals surface area contributed by atoms with Crippen LogP contribution < -0.4 is 5.32 Å². The molecule has 3 unspecified atom stereocenters. The maximum absolute atomic E-state index is 5.56. The zero-order valence-corrected chi connectivity index (χ0v) is 12.7. The maximum Gasteiger partial charge on any atom is 0.0480 e. The highest BCUT2D eigenvalue weighted by Gasteiger charge is 2.30. The van der Waals surface area contributed by atoms with Gasteiger partial charge in [-0.3, -0.25) is 0 Å². The van der Waals surface area contributed by atoms with Gasteiger partial charge in [0.15, 0.2) is 0 Å². The fourth-order valence-electron chi connectivity index (χ4n) is 3.42. The average Bonchev–Trinajstić information content (AvgIpc) is 2.42. The molecule has 0 aromatic carbocycles. The molecule has 0 heterocycles. The van der Waals surface area contributed by atoms with E-state index in [1.54, 1.807) is 0 Å². The van der Waals surface area contributed by atoms with Gasteiger partial charge in [-0.05, 0) is 44.6 Å². The zero-order chi connectivity index (χ0) is 13.2. The number of rotatable bonds is 9. The van der Waals surface area contributed by atoms with E-state index in [-0.39, 0.29) is 0 Å². The van der Waals surface area contributed by atoms with Gasteiger partial charge < -0.3 is 10.1 Å². The highest BCUT2D eigenvalue weighted by atomic mass is 16.5. The van der Waals surface area contributed by atoms with Crippen molar-refractivity contribution in [2.45, 2.75) is 71.8 Å². The lowest BCUT2D eigenvalue weighted by atomic mass is 9.73. The molecule has 0 aromatic heterocycles. The predicted molar refractivity (Wildman–Crippen MR) is 78.9 cm³/mol. The minimum Gasteiger partial charge on any atom is -0.382 e. The standard InChI is InChI=1S/C16H33NO/c1-4-12-17-16(11-13-18-6-3)15-10-8-7-9-14(15)5-2/h14-17H,4-13H2,1-3H3. The average molecular weight is 255 g/mol. The van der Waals surface area contributed by atoms with Gasteiger partial charge in [0.05, 0.1) is 0 Å². The normalized spacial score (nSPS) is 26.2. The largest absolute Gasteiger partial charge is 0.382 e. The van der Waals surface area contributed by atoms with Crippen LogP contribution in [-0.2, 0) is 4.74 Å². The molecule has 3 atom stereocenters. The fourth-order valence-corrected chi connectivity index (χ4v) is 3.42. The Bertz CT molecular complexity index is 196. The van der Waals surface area contributed by atoms with Crippen molar-refractivity contribution in [3.05, 3.63) is 0 Å². The molecule has 1 N–H and O–H groups in total. The van der Waals surface area contributed by atoms with Crippen molar-refractivity contribution < 1.29 is 4.74 Å². The third kappa shape index (κ3) is 5.27. The molecule has 0 saturated heterocycles. The molecule has 0 aliphatic heterocycles. The molecule has 0 radical (unpaired) electrons. The SMILES string of the molecule is CCCNC(CCOCC)C1CCCCC1CC. The molecule has 2 nitrogen and oxygen atoms in total. The third-order valence-electron chi connectivity index (χ3n) is 4.44. The summed E-state index contributed by atoms with van der Waals surface area (Å²) in [6.07, 6.45) is 9.51. The quantitative estimate of drug-likeness (QED) is 0.629. The van der Waals surface area contributed by atoms with E-state index in [1.807, 2.05) is 0 Å². The lowest BCUT2D eigenvalue weighted by Gasteiger charge is -2.37. The van der Waals surface area contributed by atoms with E-state index < -0.39 is 0 Å². The lowest BCUT2D eigenvalue weighted by Crippen LogP contribution is -2.42. The highest BCUT2D eigenvalue weighted by molar-refractivity contribution is 4.84. The summed E-state index contributed by atoms with van der Waals surface area (Å²) < 4.78 is 5.56. The van der Waals surface area contributed by atoms with Gasteiger partial charge in [0.25, 0.3) is 0 Å². The molecule has 108 valence electrons. The monoisotopic (exact) mass is 255 g/mol. The van der Waals surface area contributed by atoms with Gasteiger partial charge in [-0.25, -0.2) is 0 Å². The van der Waals surface area contributed by atoms with Gasteiger partial charge >= 0.3 is 0 Å². The van der Waals surface area contributed by atoms with Crippen LogP contribution >= 0.6 is 0 Å². The zero-order valence-electron chi connectivity index (χ0n) is 12.7. The molecule has 1 fully saturated rings. The van der Waals surface area contributed by atoms with Gasteiger partial charge in [0, 0.05) is 19.3 Å². The third-order valence-corrected chi connectivity index (χ3v) is 4.44. The van der Waals surface area contributed by atoms with Gasteiger partial charge in [-0.15, -0.1) is 0 Å². The maximum atomic E-state index is 5.56. The van der Waals surface area contributed by atoms with Crippen LogP contribution in [0.25, 0.3) is 0 Å².